The highest BCUT2D eigenvalue weighted by atomic mass is 19.4. The Morgan fingerprint density at radius 3 is 2.52 bits per heavy atom. The molecule has 2 aromatic rings. The van der Waals surface area contributed by atoms with Crippen LogP contribution >= 0.6 is 0 Å². The summed E-state index contributed by atoms with van der Waals surface area (Å²) in [6.45, 7) is 0.932. The normalized spacial score (nSPS) is 20.8. The minimum atomic E-state index is -4.52. The Labute approximate surface area is 274 Å². The number of nitrogens with one attached hydrogen (secondary N) is 1. The van der Waals surface area contributed by atoms with Crippen molar-refractivity contribution in [2.45, 2.75) is 76.2 Å². The second-order valence-electron chi connectivity index (χ2n) is 11.4. The van der Waals surface area contributed by atoms with Crippen molar-refractivity contribution in [2.24, 2.45) is 11.8 Å². The van der Waals surface area contributed by atoms with E-state index in [1.807, 2.05) is 12.2 Å². The van der Waals surface area contributed by atoms with Gasteiger partial charge >= 0.3 is 12.1 Å². The van der Waals surface area contributed by atoms with Gasteiger partial charge in [0.05, 0.1) is 17.8 Å². The molecule has 2 aromatic carbocycles. The maximum Gasteiger partial charge on any atom is 0.416 e. The number of allylic oxidation sites excluding steroid dienone is 2. The summed E-state index contributed by atoms with van der Waals surface area (Å²) in [4.78, 5) is 39.2. The SMILES string of the molecule is CC(NC(=O)CCCC=CC[C@@H]1[C@@H](C=C[C@@H](O)COc2cccc(C(F)(F)F)c2)[C@H](O)C[C@@H]1O)C(=O)Oc1ccc(CO[N+](=O)[O-])cc1. The third-order valence-corrected chi connectivity index (χ3v) is 7.61. The van der Waals surface area contributed by atoms with Gasteiger partial charge in [-0.15, -0.1) is 10.1 Å². The molecular weight excluding hydrogens is 641 g/mol. The Balaban J connectivity index is 1.37. The van der Waals surface area contributed by atoms with Gasteiger partial charge < -0.3 is 34.9 Å². The molecule has 6 atom stereocenters. The van der Waals surface area contributed by atoms with Crippen molar-refractivity contribution in [3.8, 4) is 11.5 Å². The topological polar surface area (TPSA) is 178 Å². The predicted molar refractivity (Wildman–Crippen MR) is 165 cm³/mol. The third-order valence-electron chi connectivity index (χ3n) is 7.61. The van der Waals surface area contributed by atoms with Crippen molar-refractivity contribution < 1.29 is 57.5 Å². The van der Waals surface area contributed by atoms with Crippen LogP contribution in [0.25, 0.3) is 0 Å². The zero-order valence-corrected chi connectivity index (χ0v) is 26.1. The summed E-state index contributed by atoms with van der Waals surface area (Å²) < 4.78 is 49.2. The number of amides is 1. The van der Waals surface area contributed by atoms with Crippen molar-refractivity contribution in [1.82, 2.24) is 5.32 Å². The zero-order chi connectivity index (χ0) is 35.3. The number of ether oxygens (including phenoxy) is 2. The monoisotopic (exact) mass is 680 g/mol. The highest BCUT2D eigenvalue weighted by Gasteiger charge is 2.39. The first-order chi connectivity index (χ1) is 22.7. The molecule has 262 valence electrons. The first-order valence-electron chi connectivity index (χ1n) is 15.3. The molecule has 0 heterocycles. The van der Waals surface area contributed by atoms with Crippen molar-refractivity contribution in [2.75, 3.05) is 6.61 Å². The summed E-state index contributed by atoms with van der Waals surface area (Å²) in [5.74, 6) is -1.70. The molecule has 0 saturated heterocycles. The maximum absolute atomic E-state index is 12.9. The number of alkyl halides is 3. The largest absolute Gasteiger partial charge is 0.491 e. The van der Waals surface area contributed by atoms with Crippen molar-refractivity contribution in [3.05, 3.63) is 94.1 Å². The number of benzene rings is 2. The van der Waals surface area contributed by atoms with Gasteiger partial charge in [-0.1, -0.05) is 42.5 Å². The minimum absolute atomic E-state index is 0.0457. The van der Waals surface area contributed by atoms with Gasteiger partial charge in [0.25, 0.3) is 5.09 Å². The van der Waals surface area contributed by atoms with Gasteiger partial charge in [-0.05, 0) is 68.0 Å². The Kier molecular flexibility index (Phi) is 14.4. The number of hydrogen-bond acceptors (Lipinski definition) is 10. The van der Waals surface area contributed by atoms with Crippen molar-refractivity contribution in [3.63, 3.8) is 0 Å². The molecule has 12 nitrogen and oxygen atoms in total. The van der Waals surface area contributed by atoms with Crippen LogP contribution < -0.4 is 14.8 Å². The van der Waals surface area contributed by atoms with Crippen LogP contribution in [-0.2, 0) is 27.2 Å². The Hall–Kier alpha value is -4.47. The quantitative estimate of drug-likeness (QED) is 0.0471. The second-order valence-corrected chi connectivity index (χ2v) is 11.4. The number of carbonyl (C=O) groups excluding carboxylic acids is 2. The Morgan fingerprint density at radius 1 is 1.10 bits per heavy atom. The fourth-order valence-electron chi connectivity index (χ4n) is 5.07. The maximum atomic E-state index is 12.9. The molecule has 1 aliphatic rings. The van der Waals surface area contributed by atoms with Gasteiger partial charge in [0.15, 0.2) is 0 Å². The van der Waals surface area contributed by atoms with Gasteiger partial charge in [-0.3, -0.25) is 4.79 Å². The number of halogens is 3. The van der Waals surface area contributed by atoms with E-state index in [-0.39, 0.29) is 49.4 Å². The van der Waals surface area contributed by atoms with Crippen LogP contribution in [0.5, 0.6) is 11.5 Å². The van der Waals surface area contributed by atoms with Crippen LogP contribution in [0.15, 0.2) is 72.8 Å². The molecule has 0 aliphatic heterocycles. The molecule has 0 spiro atoms. The highest BCUT2D eigenvalue weighted by Crippen LogP contribution is 2.36. The molecule has 1 unspecified atom stereocenters. The average Bonchev–Trinajstić information content (AvgIpc) is 3.30. The number of carbonyl (C=O) groups is 2. The first kappa shape index (κ1) is 38.0. The lowest BCUT2D eigenvalue weighted by Gasteiger charge is -2.19. The van der Waals surface area contributed by atoms with Gasteiger partial charge in [0, 0.05) is 18.8 Å². The molecule has 0 aromatic heterocycles. The van der Waals surface area contributed by atoms with Gasteiger partial charge in [0.1, 0.15) is 36.9 Å². The molecule has 3 rings (SSSR count). The summed E-state index contributed by atoms with van der Waals surface area (Å²) in [7, 11) is 0. The Bertz CT molecular complexity index is 1420. The van der Waals surface area contributed by atoms with E-state index in [2.05, 4.69) is 10.2 Å². The van der Waals surface area contributed by atoms with E-state index in [1.165, 1.54) is 49.4 Å². The summed E-state index contributed by atoms with van der Waals surface area (Å²) >= 11 is 0. The molecular formula is C33H39F3N2O10. The fraction of sp³-hybridized carbons (Fsp3) is 0.455. The number of esters is 1. The summed E-state index contributed by atoms with van der Waals surface area (Å²) in [5, 5.41) is 43.1. The molecule has 48 heavy (non-hydrogen) atoms. The number of nitrogens with zero attached hydrogens (tertiary/aromatic N) is 1. The molecule has 1 amide bonds. The molecule has 1 saturated carbocycles. The molecule has 15 heteroatoms. The summed E-state index contributed by atoms with van der Waals surface area (Å²) in [5.41, 5.74) is -0.360. The lowest BCUT2D eigenvalue weighted by molar-refractivity contribution is -0.763. The number of hydrogen-bond donors (Lipinski definition) is 4. The molecule has 4 N–H and O–H groups in total. The van der Waals surface area contributed by atoms with Crippen LogP contribution in [0.4, 0.5) is 13.2 Å². The first-order valence-corrected chi connectivity index (χ1v) is 15.3. The van der Waals surface area contributed by atoms with E-state index >= 15 is 0 Å². The van der Waals surface area contributed by atoms with Gasteiger partial charge in [-0.25, -0.2) is 4.79 Å². The smallest absolute Gasteiger partial charge is 0.416 e. The van der Waals surface area contributed by atoms with Gasteiger partial charge in [0.2, 0.25) is 5.91 Å². The minimum Gasteiger partial charge on any atom is -0.491 e. The van der Waals surface area contributed by atoms with Crippen LogP contribution in [0.2, 0.25) is 0 Å². The number of unbranched alkanes of at least 4 members (excludes halogenated alkanes) is 1. The predicted octanol–water partition coefficient (Wildman–Crippen LogP) is 4.29. The fourth-order valence-corrected chi connectivity index (χ4v) is 5.07. The molecule has 1 fully saturated rings. The van der Waals surface area contributed by atoms with E-state index in [9.17, 15) is 48.2 Å². The van der Waals surface area contributed by atoms with Crippen molar-refractivity contribution >= 4 is 11.9 Å². The lowest BCUT2D eigenvalue weighted by atomic mass is 9.89. The zero-order valence-electron chi connectivity index (χ0n) is 26.1. The summed E-state index contributed by atoms with van der Waals surface area (Å²) in [6.07, 6.45) is 1.07. The van der Waals surface area contributed by atoms with E-state index in [0.717, 1.165) is 12.1 Å². The van der Waals surface area contributed by atoms with Gasteiger partial charge in [-0.2, -0.15) is 13.2 Å². The number of aliphatic hydroxyl groups is 3. The summed E-state index contributed by atoms with van der Waals surface area (Å²) in [6, 6.07) is 9.31. The number of aliphatic hydroxyl groups excluding tert-OH is 3. The van der Waals surface area contributed by atoms with E-state index < -0.39 is 53.1 Å². The van der Waals surface area contributed by atoms with Crippen LogP contribution in [-0.4, -0.2) is 63.2 Å². The molecule has 1 aliphatic carbocycles. The highest BCUT2D eigenvalue weighted by molar-refractivity contribution is 5.85. The Morgan fingerprint density at radius 2 is 1.83 bits per heavy atom. The number of rotatable bonds is 17. The van der Waals surface area contributed by atoms with Crippen LogP contribution in [0.3, 0.4) is 0 Å². The van der Waals surface area contributed by atoms with Crippen molar-refractivity contribution in [1.29, 1.82) is 0 Å². The van der Waals surface area contributed by atoms with Crippen LogP contribution in [0.1, 0.15) is 50.2 Å². The molecule has 0 radical (unpaired) electrons. The second kappa shape index (κ2) is 18.2. The lowest BCUT2D eigenvalue weighted by Crippen LogP contribution is -2.40. The third kappa shape index (κ3) is 12.6. The average molecular weight is 681 g/mol. The molecule has 0 bridgehead atoms. The van der Waals surface area contributed by atoms with E-state index in [1.54, 1.807) is 6.08 Å². The van der Waals surface area contributed by atoms with Crippen LogP contribution in [0, 0.1) is 22.0 Å². The van der Waals surface area contributed by atoms with E-state index in [0.29, 0.717) is 24.8 Å². The standard InChI is InChI=1S/C33H39F3N2O10/c1-21(32(43)48-25-14-11-22(12-15-25)19-47-38(44)45)37-31(42)10-5-3-2-4-9-27-28(30(41)18-29(27)40)16-13-24(39)20-46-26-8-6-7-23(17-26)33(34,35)36/h2,4,6-8,11-17,21,24,27-30,39-41H,3,5,9-10,18-20H2,1H3,(H,37,42)/t21?,24-,27-,28-,29+,30-/m1/s1. The van der Waals surface area contributed by atoms with E-state index in [4.69, 9.17) is 9.47 Å².